The average molecular weight is 306 g/mol. The topological polar surface area (TPSA) is 71.1 Å². The quantitative estimate of drug-likeness (QED) is 0.846. The van der Waals surface area contributed by atoms with Gasteiger partial charge in [-0.2, -0.15) is 4.98 Å². The van der Waals surface area contributed by atoms with Crippen LogP contribution in [0.3, 0.4) is 0 Å². The van der Waals surface area contributed by atoms with E-state index >= 15 is 0 Å². The fourth-order valence-electron chi connectivity index (χ4n) is 3.29. The summed E-state index contributed by atoms with van der Waals surface area (Å²) in [6, 6.07) is 0.396. The first kappa shape index (κ1) is 14.9. The first-order valence-electron chi connectivity index (χ1n) is 7.71. The fourth-order valence-corrected chi connectivity index (χ4v) is 3.29. The van der Waals surface area contributed by atoms with Crippen LogP contribution < -0.4 is 16.0 Å². The highest BCUT2D eigenvalue weighted by Crippen LogP contribution is 2.30. The van der Waals surface area contributed by atoms with Crippen molar-refractivity contribution in [1.82, 2.24) is 18.7 Å². The SMILES string of the molecule is C[C@@H](Oc1nc2c(c(=O)n(C)c(=O)n2C)n1C)C1CCCC1. The number of imidazole rings is 1. The number of fused-ring (bicyclic) bond motifs is 1. The van der Waals surface area contributed by atoms with Crippen molar-refractivity contribution in [3.63, 3.8) is 0 Å². The summed E-state index contributed by atoms with van der Waals surface area (Å²) >= 11 is 0. The van der Waals surface area contributed by atoms with Crippen LogP contribution in [0.25, 0.3) is 11.2 Å². The molecule has 0 N–H and O–H groups in total. The van der Waals surface area contributed by atoms with Gasteiger partial charge in [-0.3, -0.25) is 18.5 Å². The Morgan fingerprint density at radius 2 is 1.73 bits per heavy atom. The molecule has 2 heterocycles. The molecule has 120 valence electrons. The Labute approximate surface area is 128 Å². The van der Waals surface area contributed by atoms with E-state index in [0.717, 1.165) is 4.57 Å². The lowest BCUT2D eigenvalue weighted by molar-refractivity contribution is 0.137. The van der Waals surface area contributed by atoms with Gasteiger partial charge >= 0.3 is 5.69 Å². The van der Waals surface area contributed by atoms with Gasteiger partial charge in [-0.15, -0.1) is 0 Å². The van der Waals surface area contributed by atoms with Crippen LogP contribution >= 0.6 is 0 Å². The molecule has 1 fully saturated rings. The van der Waals surface area contributed by atoms with Crippen molar-refractivity contribution in [3.8, 4) is 6.01 Å². The smallest absolute Gasteiger partial charge is 0.332 e. The molecule has 7 heteroatoms. The van der Waals surface area contributed by atoms with E-state index < -0.39 is 0 Å². The first-order chi connectivity index (χ1) is 10.4. The average Bonchev–Trinajstić information content (AvgIpc) is 3.12. The predicted octanol–water partition coefficient (Wildman–Crippen LogP) is 0.928. The molecule has 0 saturated heterocycles. The number of aryl methyl sites for hydroxylation is 2. The molecule has 0 bridgehead atoms. The molecular formula is C15H22N4O3. The monoisotopic (exact) mass is 306 g/mol. The molecule has 0 radical (unpaired) electrons. The number of nitrogens with zero attached hydrogens (tertiary/aromatic N) is 4. The van der Waals surface area contributed by atoms with E-state index in [4.69, 9.17) is 4.74 Å². The lowest BCUT2D eigenvalue weighted by atomic mass is 10.0. The largest absolute Gasteiger partial charge is 0.461 e. The standard InChI is InChI=1S/C15H22N4O3/c1-9(10-7-5-6-8-10)22-14-16-12-11(17(14)2)13(20)19(4)15(21)18(12)3/h9-10H,5-8H2,1-4H3/t9-/m1/s1. The van der Waals surface area contributed by atoms with Crippen LogP contribution in [-0.4, -0.2) is 24.8 Å². The minimum absolute atomic E-state index is 0.0545. The molecule has 2 aromatic heterocycles. The van der Waals surface area contributed by atoms with E-state index in [1.54, 1.807) is 18.7 Å². The van der Waals surface area contributed by atoms with Gasteiger partial charge in [0.2, 0.25) is 0 Å². The van der Waals surface area contributed by atoms with E-state index in [1.807, 2.05) is 6.92 Å². The molecule has 2 aromatic rings. The summed E-state index contributed by atoms with van der Waals surface area (Å²) in [7, 11) is 4.83. The third-order valence-corrected chi connectivity index (χ3v) is 4.79. The molecule has 22 heavy (non-hydrogen) atoms. The molecule has 0 spiro atoms. The Bertz CT molecular complexity index is 824. The molecule has 3 rings (SSSR count). The predicted molar refractivity (Wildman–Crippen MR) is 83.2 cm³/mol. The molecule has 1 saturated carbocycles. The molecule has 1 atom stereocenters. The number of rotatable bonds is 3. The van der Waals surface area contributed by atoms with Gasteiger partial charge in [0, 0.05) is 21.1 Å². The third kappa shape index (κ3) is 2.15. The van der Waals surface area contributed by atoms with Gasteiger partial charge in [-0.05, 0) is 25.7 Å². The van der Waals surface area contributed by atoms with Crippen LogP contribution in [0.2, 0.25) is 0 Å². The van der Waals surface area contributed by atoms with Crippen LogP contribution in [0.5, 0.6) is 6.01 Å². The number of hydrogen-bond acceptors (Lipinski definition) is 4. The van der Waals surface area contributed by atoms with Gasteiger partial charge in [0.15, 0.2) is 11.2 Å². The third-order valence-electron chi connectivity index (χ3n) is 4.79. The van der Waals surface area contributed by atoms with Crippen molar-refractivity contribution >= 4 is 11.2 Å². The zero-order valence-electron chi connectivity index (χ0n) is 13.5. The Balaban J connectivity index is 2.07. The Morgan fingerprint density at radius 3 is 2.36 bits per heavy atom. The first-order valence-corrected chi connectivity index (χ1v) is 7.71. The molecule has 1 aliphatic carbocycles. The zero-order valence-corrected chi connectivity index (χ0v) is 13.5. The molecule has 0 amide bonds. The molecule has 1 aliphatic rings. The second-order valence-corrected chi connectivity index (χ2v) is 6.20. The highest BCUT2D eigenvalue weighted by atomic mass is 16.5. The van der Waals surface area contributed by atoms with Crippen LogP contribution in [-0.2, 0) is 21.1 Å². The second-order valence-electron chi connectivity index (χ2n) is 6.20. The second kappa shape index (κ2) is 5.30. The minimum atomic E-state index is -0.383. The summed E-state index contributed by atoms with van der Waals surface area (Å²) in [6.07, 6.45) is 4.89. The van der Waals surface area contributed by atoms with Crippen molar-refractivity contribution in [1.29, 1.82) is 0 Å². The van der Waals surface area contributed by atoms with Gasteiger partial charge in [0.05, 0.1) is 0 Å². The number of ether oxygens (including phenoxy) is 1. The van der Waals surface area contributed by atoms with E-state index in [0.29, 0.717) is 23.1 Å². The number of hydrogen-bond donors (Lipinski definition) is 0. The lowest BCUT2D eigenvalue weighted by Crippen LogP contribution is -2.37. The van der Waals surface area contributed by atoms with Gasteiger partial charge in [-0.25, -0.2) is 4.79 Å². The van der Waals surface area contributed by atoms with E-state index in [9.17, 15) is 9.59 Å². The summed E-state index contributed by atoms with van der Waals surface area (Å²) in [5.74, 6) is 0.534. The molecule has 7 nitrogen and oxygen atoms in total. The Kier molecular flexibility index (Phi) is 3.58. The van der Waals surface area contributed by atoms with Crippen molar-refractivity contribution in [2.45, 2.75) is 38.7 Å². The molecule has 0 aliphatic heterocycles. The Hall–Kier alpha value is -2.05. The van der Waals surface area contributed by atoms with E-state index in [1.165, 1.54) is 37.3 Å². The van der Waals surface area contributed by atoms with Gasteiger partial charge in [0.1, 0.15) is 6.10 Å². The fraction of sp³-hybridized carbons (Fsp3) is 0.667. The van der Waals surface area contributed by atoms with Crippen molar-refractivity contribution in [2.75, 3.05) is 0 Å². The van der Waals surface area contributed by atoms with Crippen molar-refractivity contribution in [2.24, 2.45) is 27.1 Å². The summed E-state index contributed by atoms with van der Waals surface area (Å²) in [5, 5.41) is 0. The summed E-state index contributed by atoms with van der Waals surface area (Å²) in [4.78, 5) is 28.7. The maximum Gasteiger partial charge on any atom is 0.332 e. The summed E-state index contributed by atoms with van der Waals surface area (Å²) < 4.78 is 10.1. The number of aromatic nitrogens is 4. The normalized spacial score (nSPS) is 17.3. The maximum atomic E-state index is 12.3. The highest BCUT2D eigenvalue weighted by Gasteiger charge is 2.25. The van der Waals surface area contributed by atoms with Gasteiger partial charge < -0.3 is 4.74 Å². The van der Waals surface area contributed by atoms with E-state index in [-0.39, 0.29) is 17.4 Å². The lowest BCUT2D eigenvalue weighted by Gasteiger charge is -2.19. The van der Waals surface area contributed by atoms with Gasteiger partial charge in [-0.1, -0.05) is 12.8 Å². The van der Waals surface area contributed by atoms with Crippen LogP contribution in [0.4, 0.5) is 0 Å². The highest BCUT2D eigenvalue weighted by molar-refractivity contribution is 5.71. The molecular weight excluding hydrogens is 284 g/mol. The molecule has 0 aromatic carbocycles. The summed E-state index contributed by atoms with van der Waals surface area (Å²) in [5.41, 5.74) is 0.0184. The van der Waals surface area contributed by atoms with Crippen molar-refractivity contribution < 1.29 is 4.74 Å². The van der Waals surface area contributed by atoms with Crippen LogP contribution in [0, 0.1) is 5.92 Å². The Morgan fingerprint density at radius 1 is 1.09 bits per heavy atom. The summed E-state index contributed by atoms with van der Waals surface area (Å²) in [6.45, 7) is 2.05. The zero-order chi connectivity index (χ0) is 16.0. The minimum Gasteiger partial charge on any atom is -0.461 e. The van der Waals surface area contributed by atoms with Crippen molar-refractivity contribution in [3.05, 3.63) is 20.8 Å². The molecule has 0 unspecified atom stereocenters. The van der Waals surface area contributed by atoms with Crippen LogP contribution in [0.15, 0.2) is 9.59 Å². The van der Waals surface area contributed by atoms with E-state index in [2.05, 4.69) is 4.98 Å². The van der Waals surface area contributed by atoms with Gasteiger partial charge in [0.25, 0.3) is 11.6 Å². The maximum absolute atomic E-state index is 12.3. The van der Waals surface area contributed by atoms with Crippen LogP contribution in [0.1, 0.15) is 32.6 Å².